The molecule has 3 amide bonds. The minimum absolute atomic E-state index is 0.0699. The summed E-state index contributed by atoms with van der Waals surface area (Å²) in [6, 6.07) is 5.11. The van der Waals surface area contributed by atoms with E-state index in [2.05, 4.69) is 5.32 Å². The van der Waals surface area contributed by atoms with Crippen LogP contribution in [0.3, 0.4) is 0 Å². The van der Waals surface area contributed by atoms with Crippen molar-refractivity contribution in [3.8, 4) is 0 Å². The summed E-state index contributed by atoms with van der Waals surface area (Å²) in [5, 5.41) is 11.6. The van der Waals surface area contributed by atoms with E-state index in [0.717, 1.165) is 4.90 Å². The summed E-state index contributed by atoms with van der Waals surface area (Å²) < 4.78 is 5.47. The normalized spacial score (nSPS) is 15.0. The van der Waals surface area contributed by atoms with Crippen LogP contribution in [0.1, 0.15) is 47.9 Å². The maximum absolute atomic E-state index is 12.2. The number of amides is 3. The number of aliphatic carboxylic acids is 1. The zero-order valence-corrected chi connectivity index (χ0v) is 14.9. The molecule has 1 aromatic carbocycles. The first-order valence-electron chi connectivity index (χ1n) is 8.21. The van der Waals surface area contributed by atoms with Gasteiger partial charge in [-0.05, 0) is 32.9 Å². The second-order valence-corrected chi connectivity index (χ2v) is 6.95. The number of carbonyl (C=O) groups excluding carboxylic acids is 3. The maximum Gasteiger partial charge on any atom is 0.326 e. The standard InChI is InChI=1S/C18H22N2O6/c1-18(2,3)26-9-8-13(17(24)25)19-14(21)10-20-15(22)11-6-4-5-7-12(11)16(20)23/h4-7,13H,8-10H2,1-3H3,(H,19,21)(H,24,25). The van der Waals surface area contributed by atoms with Crippen molar-refractivity contribution in [2.75, 3.05) is 13.2 Å². The molecule has 8 nitrogen and oxygen atoms in total. The summed E-state index contributed by atoms with van der Waals surface area (Å²) in [6.45, 7) is 5.13. The van der Waals surface area contributed by atoms with Crippen molar-refractivity contribution in [2.24, 2.45) is 0 Å². The van der Waals surface area contributed by atoms with E-state index in [9.17, 15) is 24.3 Å². The summed E-state index contributed by atoms with van der Waals surface area (Å²) in [6.07, 6.45) is 0.0699. The average molecular weight is 362 g/mol. The molecule has 0 spiro atoms. The van der Waals surface area contributed by atoms with Crippen LogP contribution in [0, 0.1) is 0 Å². The van der Waals surface area contributed by atoms with Gasteiger partial charge in [0.15, 0.2) is 0 Å². The summed E-state index contributed by atoms with van der Waals surface area (Å²) in [4.78, 5) is 48.7. The molecule has 1 heterocycles. The molecule has 2 N–H and O–H groups in total. The van der Waals surface area contributed by atoms with Crippen molar-refractivity contribution in [1.29, 1.82) is 0 Å². The second kappa shape index (κ2) is 7.65. The third-order valence-corrected chi connectivity index (χ3v) is 3.75. The Morgan fingerprint density at radius 1 is 1.15 bits per heavy atom. The first-order valence-corrected chi connectivity index (χ1v) is 8.21. The van der Waals surface area contributed by atoms with E-state index in [1.807, 2.05) is 20.8 Å². The SMILES string of the molecule is CC(C)(C)OCCC(NC(=O)CN1C(=O)c2ccccc2C1=O)C(=O)O. The lowest BCUT2D eigenvalue weighted by Crippen LogP contribution is -2.47. The predicted octanol–water partition coefficient (Wildman–Crippen LogP) is 1.06. The van der Waals surface area contributed by atoms with Crippen molar-refractivity contribution in [3.63, 3.8) is 0 Å². The number of ether oxygens (including phenoxy) is 1. The third-order valence-electron chi connectivity index (χ3n) is 3.75. The molecule has 26 heavy (non-hydrogen) atoms. The van der Waals surface area contributed by atoms with Crippen molar-refractivity contribution in [2.45, 2.75) is 38.8 Å². The van der Waals surface area contributed by atoms with Crippen LogP contribution in [-0.4, -0.2) is 58.5 Å². The highest BCUT2D eigenvalue weighted by atomic mass is 16.5. The van der Waals surface area contributed by atoms with Gasteiger partial charge in [-0.3, -0.25) is 19.3 Å². The number of imide groups is 1. The fourth-order valence-electron chi connectivity index (χ4n) is 2.51. The van der Waals surface area contributed by atoms with Crippen molar-refractivity contribution >= 4 is 23.7 Å². The smallest absolute Gasteiger partial charge is 0.326 e. The Morgan fingerprint density at radius 2 is 1.69 bits per heavy atom. The number of carboxylic acids is 1. The molecular weight excluding hydrogens is 340 g/mol. The fourth-order valence-corrected chi connectivity index (χ4v) is 2.51. The van der Waals surface area contributed by atoms with Gasteiger partial charge in [0.05, 0.1) is 16.7 Å². The Bertz CT molecular complexity index is 702. The van der Waals surface area contributed by atoms with E-state index < -0.39 is 41.9 Å². The summed E-state index contributed by atoms with van der Waals surface area (Å²) >= 11 is 0. The lowest BCUT2D eigenvalue weighted by molar-refractivity contribution is -0.142. The molecule has 1 atom stereocenters. The first-order chi connectivity index (χ1) is 12.1. The minimum Gasteiger partial charge on any atom is -0.480 e. The minimum atomic E-state index is -1.21. The molecule has 0 saturated carbocycles. The van der Waals surface area contributed by atoms with Crippen LogP contribution < -0.4 is 5.32 Å². The average Bonchev–Trinajstić information content (AvgIpc) is 2.78. The van der Waals surface area contributed by atoms with E-state index in [4.69, 9.17) is 4.74 Å². The van der Waals surface area contributed by atoms with Gasteiger partial charge in [0.2, 0.25) is 5.91 Å². The van der Waals surface area contributed by atoms with Gasteiger partial charge < -0.3 is 15.2 Å². The molecule has 1 aliphatic heterocycles. The van der Waals surface area contributed by atoms with E-state index in [-0.39, 0.29) is 24.2 Å². The molecule has 0 bridgehead atoms. The Kier molecular flexibility index (Phi) is 5.76. The molecule has 1 aliphatic rings. The molecule has 0 fully saturated rings. The van der Waals surface area contributed by atoms with Gasteiger partial charge in [-0.15, -0.1) is 0 Å². The molecule has 1 unspecified atom stereocenters. The molecule has 8 heteroatoms. The largest absolute Gasteiger partial charge is 0.480 e. The van der Waals surface area contributed by atoms with Crippen LogP contribution in [0.2, 0.25) is 0 Å². The fraction of sp³-hybridized carbons (Fsp3) is 0.444. The van der Waals surface area contributed by atoms with Gasteiger partial charge in [0, 0.05) is 13.0 Å². The Balaban J connectivity index is 1.95. The van der Waals surface area contributed by atoms with Gasteiger partial charge >= 0.3 is 5.97 Å². The number of rotatable bonds is 7. The topological polar surface area (TPSA) is 113 Å². The summed E-state index contributed by atoms with van der Waals surface area (Å²) in [7, 11) is 0. The molecule has 2 rings (SSSR count). The number of benzene rings is 1. The molecule has 0 radical (unpaired) electrons. The van der Waals surface area contributed by atoms with Crippen LogP contribution in [-0.2, 0) is 14.3 Å². The van der Waals surface area contributed by atoms with Gasteiger partial charge in [-0.1, -0.05) is 12.1 Å². The lowest BCUT2D eigenvalue weighted by Gasteiger charge is -2.22. The zero-order valence-electron chi connectivity index (χ0n) is 14.9. The van der Waals surface area contributed by atoms with Gasteiger partial charge in [-0.25, -0.2) is 4.79 Å². The summed E-state index contributed by atoms with van der Waals surface area (Å²) in [5.41, 5.74) is 0.0464. The number of hydrogen-bond donors (Lipinski definition) is 2. The lowest BCUT2D eigenvalue weighted by atomic mass is 10.1. The molecule has 0 saturated heterocycles. The predicted molar refractivity (Wildman–Crippen MR) is 91.7 cm³/mol. The Hall–Kier alpha value is -2.74. The van der Waals surface area contributed by atoms with Crippen molar-refractivity contribution in [3.05, 3.63) is 35.4 Å². The third kappa shape index (κ3) is 4.66. The van der Waals surface area contributed by atoms with Gasteiger partial charge in [0.25, 0.3) is 11.8 Å². The molecule has 140 valence electrons. The quantitative estimate of drug-likeness (QED) is 0.701. The maximum atomic E-state index is 12.2. The van der Waals surface area contributed by atoms with E-state index in [1.54, 1.807) is 12.1 Å². The number of nitrogens with one attached hydrogen (secondary N) is 1. The molecular formula is C18H22N2O6. The van der Waals surface area contributed by atoms with Crippen LogP contribution in [0.4, 0.5) is 0 Å². The van der Waals surface area contributed by atoms with Crippen molar-refractivity contribution < 1.29 is 29.0 Å². The number of nitrogens with zero attached hydrogens (tertiary/aromatic N) is 1. The van der Waals surface area contributed by atoms with E-state index in [1.165, 1.54) is 12.1 Å². The number of fused-ring (bicyclic) bond motifs is 1. The Morgan fingerprint density at radius 3 is 2.15 bits per heavy atom. The van der Waals surface area contributed by atoms with Crippen molar-refractivity contribution in [1.82, 2.24) is 10.2 Å². The highest BCUT2D eigenvalue weighted by molar-refractivity contribution is 6.22. The number of carboxylic acid groups (broad SMARTS) is 1. The first kappa shape index (κ1) is 19.6. The second-order valence-electron chi connectivity index (χ2n) is 6.95. The molecule has 1 aromatic rings. The van der Waals surface area contributed by atoms with E-state index in [0.29, 0.717) is 0 Å². The number of carbonyl (C=O) groups is 4. The van der Waals surface area contributed by atoms with Crippen LogP contribution in [0.5, 0.6) is 0 Å². The van der Waals surface area contributed by atoms with Crippen LogP contribution in [0.15, 0.2) is 24.3 Å². The highest BCUT2D eigenvalue weighted by Crippen LogP contribution is 2.21. The zero-order chi connectivity index (χ0) is 19.5. The highest BCUT2D eigenvalue weighted by Gasteiger charge is 2.36. The Labute approximate surface area is 151 Å². The van der Waals surface area contributed by atoms with E-state index >= 15 is 0 Å². The van der Waals surface area contributed by atoms with Crippen LogP contribution >= 0.6 is 0 Å². The molecule has 0 aromatic heterocycles. The van der Waals surface area contributed by atoms with Gasteiger partial charge in [-0.2, -0.15) is 0 Å². The molecule has 0 aliphatic carbocycles. The summed E-state index contributed by atoms with van der Waals surface area (Å²) in [5.74, 6) is -3.06. The van der Waals surface area contributed by atoms with Gasteiger partial charge in [0.1, 0.15) is 12.6 Å². The number of hydrogen-bond acceptors (Lipinski definition) is 5. The van der Waals surface area contributed by atoms with Crippen LogP contribution in [0.25, 0.3) is 0 Å². The monoisotopic (exact) mass is 362 g/mol.